The van der Waals surface area contributed by atoms with E-state index in [0.29, 0.717) is 36.6 Å². The highest BCUT2D eigenvalue weighted by atomic mass is 16.5. The minimum atomic E-state index is -1.00. The number of carbonyl (C=O) groups excluding carboxylic acids is 1. The van der Waals surface area contributed by atoms with Gasteiger partial charge in [0.2, 0.25) is 0 Å². The normalized spacial score (nSPS) is 15.5. The Morgan fingerprint density at radius 1 is 1.47 bits per heavy atom. The van der Waals surface area contributed by atoms with Gasteiger partial charge >= 0.3 is 5.97 Å². The summed E-state index contributed by atoms with van der Waals surface area (Å²) < 4.78 is 5.51. The second kappa shape index (κ2) is 5.56. The highest BCUT2D eigenvalue weighted by Crippen LogP contribution is 2.22. The molecule has 19 heavy (non-hydrogen) atoms. The Kier molecular flexibility index (Phi) is 3.85. The van der Waals surface area contributed by atoms with Crippen LogP contribution in [0.2, 0.25) is 0 Å². The van der Waals surface area contributed by atoms with Gasteiger partial charge < -0.3 is 14.7 Å². The predicted molar refractivity (Wildman–Crippen MR) is 69.2 cm³/mol. The Balaban J connectivity index is 2.20. The molecule has 1 aliphatic heterocycles. The Hall–Kier alpha value is -2.30. The first-order chi connectivity index (χ1) is 9.08. The summed E-state index contributed by atoms with van der Waals surface area (Å²) in [7, 11) is 0. The topological polar surface area (TPSA) is 66.8 Å². The van der Waals surface area contributed by atoms with E-state index >= 15 is 0 Å². The molecule has 1 amide bonds. The third kappa shape index (κ3) is 3.13. The summed E-state index contributed by atoms with van der Waals surface area (Å²) in [6.45, 7) is 2.84. The van der Waals surface area contributed by atoms with Gasteiger partial charge in [0, 0.05) is 12.6 Å². The maximum absolute atomic E-state index is 12.3. The average molecular weight is 261 g/mol. The minimum absolute atomic E-state index is 0.133. The molecular formula is C14H15NO4. The molecule has 0 aliphatic carbocycles. The number of carboxylic acid groups (broad SMARTS) is 1. The summed E-state index contributed by atoms with van der Waals surface area (Å²) in [5, 5.41) is 8.69. The first kappa shape index (κ1) is 13.1. The minimum Gasteiger partial charge on any atom is -0.491 e. The Morgan fingerprint density at radius 3 is 2.95 bits per heavy atom. The SMILES string of the molecule is C/C(=C/C(=O)O)CN1CCOc2ccccc2C1=O. The largest absolute Gasteiger partial charge is 0.491 e. The molecule has 0 radical (unpaired) electrons. The van der Waals surface area contributed by atoms with Crippen LogP contribution in [0.3, 0.4) is 0 Å². The molecule has 2 rings (SSSR count). The van der Waals surface area contributed by atoms with E-state index in [9.17, 15) is 9.59 Å². The second-order valence-corrected chi connectivity index (χ2v) is 4.40. The Labute approximate surface area is 111 Å². The van der Waals surface area contributed by atoms with Gasteiger partial charge in [-0.15, -0.1) is 0 Å². The molecule has 100 valence electrons. The molecule has 0 bridgehead atoms. The highest BCUT2D eigenvalue weighted by molar-refractivity contribution is 5.97. The summed E-state index contributed by atoms with van der Waals surface area (Å²) in [4.78, 5) is 24.5. The zero-order chi connectivity index (χ0) is 13.8. The standard InChI is InChI=1S/C14H15NO4/c1-10(8-13(16)17)9-15-6-7-19-12-5-3-2-4-11(12)14(15)18/h2-5,8H,6-7,9H2,1H3,(H,16,17)/b10-8-. The van der Waals surface area contributed by atoms with Gasteiger partial charge in [0.25, 0.3) is 5.91 Å². The van der Waals surface area contributed by atoms with Gasteiger partial charge in [0.05, 0.1) is 12.1 Å². The van der Waals surface area contributed by atoms with Crippen molar-refractivity contribution in [3.8, 4) is 5.75 Å². The number of hydrogen-bond donors (Lipinski definition) is 1. The van der Waals surface area contributed by atoms with Crippen molar-refractivity contribution < 1.29 is 19.4 Å². The van der Waals surface area contributed by atoms with Crippen LogP contribution in [0.15, 0.2) is 35.9 Å². The maximum atomic E-state index is 12.3. The van der Waals surface area contributed by atoms with E-state index in [1.54, 1.807) is 30.0 Å². The van der Waals surface area contributed by atoms with Gasteiger partial charge in [-0.25, -0.2) is 4.79 Å². The van der Waals surface area contributed by atoms with Gasteiger partial charge in [-0.05, 0) is 24.6 Å². The zero-order valence-electron chi connectivity index (χ0n) is 10.6. The highest BCUT2D eigenvalue weighted by Gasteiger charge is 2.23. The van der Waals surface area contributed by atoms with E-state index in [1.807, 2.05) is 6.07 Å². The number of carboxylic acids is 1. The second-order valence-electron chi connectivity index (χ2n) is 4.40. The number of aliphatic carboxylic acids is 1. The summed E-state index contributed by atoms with van der Waals surface area (Å²) in [5.41, 5.74) is 1.14. The van der Waals surface area contributed by atoms with Crippen molar-refractivity contribution in [2.45, 2.75) is 6.92 Å². The number of ether oxygens (including phenoxy) is 1. The molecule has 0 unspecified atom stereocenters. The molecule has 1 heterocycles. The van der Waals surface area contributed by atoms with Crippen LogP contribution in [0, 0.1) is 0 Å². The van der Waals surface area contributed by atoms with E-state index in [1.165, 1.54) is 0 Å². The molecule has 0 fully saturated rings. The van der Waals surface area contributed by atoms with Crippen LogP contribution in [0.5, 0.6) is 5.75 Å². The monoisotopic (exact) mass is 261 g/mol. The lowest BCUT2D eigenvalue weighted by atomic mass is 10.1. The Bertz CT molecular complexity index is 536. The number of nitrogens with zero attached hydrogens (tertiary/aromatic N) is 1. The fourth-order valence-electron chi connectivity index (χ4n) is 2.02. The fourth-order valence-corrected chi connectivity index (χ4v) is 2.02. The van der Waals surface area contributed by atoms with Crippen LogP contribution in [0.25, 0.3) is 0 Å². The van der Waals surface area contributed by atoms with Crippen molar-refractivity contribution in [1.29, 1.82) is 0 Å². The van der Waals surface area contributed by atoms with Crippen molar-refractivity contribution in [2.24, 2.45) is 0 Å². The van der Waals surface area contributed by atoms with Crippen molar-refractivity contribution in [2.75, 3.05) is 19.7 Å². The molecule has 0 saturated carbocycles. The van der Waals surface area contributed by atoms with Gasteiger partial charge in [-0.1, -0.05) is 12.1 Å². The van der Waals surface area contributed by atoms with E-state index in [2.05, 4.69) is 0 Å². The van der Waals surface area contributed by atoms with Crippen LogP contribution in [-0.4, -0.2) is 41.6 Å². The van der Waals surface area contributed by atoms with Crippen molar-refractivity contribution >= 4 is 11.9 Å². The van der Waals surface area contributed by atoms with Crippen LogP contribution >= 0.6 is 0 Å². The lowest BCUT2D eigenvalue weighted by molar-refractivity contribution is -0.131. The predicted octanol–water partition coefficient (Wildman–Crippen LogP) is 1.55. The van der Waals surface area contributed by atoms with E-state index < -0.39 is 5.97 Å². The molecule has 1 aromatic carbocycles. The zero-order valence-corrected chi connectivity index (χ0v) is 10.6. The third-order valence-corrected chi connectivity index (χ3v) is 2.83. The summed E-state index contributed by atoms with van der Waals surface area (Å²) in [6, 6.07) is 7.07. The van der Waals surface area contributed by atoms with Crippen LogP contribution in [-0.2, 0) is 4.79 Å². The van der Waals surface area contributed by atoms with Crippen molar-refractivity contribution in [3.05, 3.63) is 41.5 Å². The van der Waals surface area contributed by atoms with E-state index in [4.69, 9.17) is 9.84 Å². The summed E-state index contributed by atoms with van der Waals surface area (Å²) in [5.74, 6) is -0.558. The number of carbonyl (C=O) groups is 2. The van der Waals surface area contributed by atoms with Crippen LogP contribution in [0.4, 0.5) is 0 Å². The fraction of sp³-hybridized carbons (Fsp3) is 0.286. The van der Waals surface area contributed by atoms with Gasteiger partial charge in [-0.3, -0.25) is 4.79 Å². The molecule has 5 heteroatoms. The molecule has 1 aromatic rings. The van der Waals surface area contributed by atoms with Crippen LogP contribution in [0.1, 0.15) is 17.3 Å². The third-order valence-electron chi connectivity index (χ3n) is 2.83. The molecule has 0 aromatic heterocycles. The number of fused-ring (bicyclic) bond motifs is 1. The lowest BCUT2D eigenvalue weighted by Gasteiger charge is -2.20. The Morgan fingerprint density at radius 2 is 2.21 bits per heavy atom. The quantitative estimate of drug-likeness (QED) is 0.838. The molecular weight excluding hydrogens is 246 g/mol. The summed E-state index contributed by atoms with van der Waals surface area (Å²) >= 11 is 0. The number of benzene rings is 1. The van der Waals surface area contributed by atoms with E-state index in [0.717, 1.165) is 6.08 Å². The van der Waals surface area contributed by atoms with Gasteiger partial charge in [0.1, 0.15) is 12.4 Å². The van der Waals surface area contributed by atoms with E-state index in [-0.39, 0.29) is 5.91 Å². The number of amides is 1. The van der Waals surface area contributed by atoms with Crippen molar-refractivity contribution in [3.63, 3.8) is 0 Å². The van der Waals surface area contributed by atoms with Gasteiger partial charge in [-0.2, -0.15) is 0 Å². The first-order valence-corrected chi connectivity index (χ1v) is 5.99. The molecule has 0 spiro atoms. The molecule has 1 aliphatic rings. The number of hydrogen-bond acceptors (Lipinski definition) is 3. The molecule has 0 saturated heterocycles. The molecule has 1 N–H and O–H groups in total. The van der Waals surface area contributed by atoms with Crippen LogP contribution < -0.4 is 4.74 Å². The summed E-state index contributed by atoms with van der Waals surface area (Å²) in [6.07, 6.45) is 1.12. The first-order valence-electron chi connectivity index (χ1n) is 5.99. The molecule has 5 nitrogen and oxygen atoms in total. The average Bonchev–Trinajstić information content (AvgIpc) is 2.50. The number of rotatable bonds is 3. The smallest absolute Gasteiger partial charge is 0.328 e. The molecule has 0 atom stereocenters. The number of para-hydroxylation sites is 1. The van der Waals surface area contributed by atoms with Gasteiger partial charge in [0.15, 0.2) is 0 Å². The lowest BCUT2D eigenvalue weighted by Crippen LogP contribution is -2.33. The van der Waals surface area contributed by atoms with Crippen molar-refractivity contribution in [1.82, 2.24) is 4.90 Å². The maximum Gasteiger partial charge on any atom is 0.328 e.